The zero-order valence-electron chi connectivity index (χ0n) is 11.7. The van der Waals surface area contributed by atoms with Gasteiger partial charge in [0.05, 0.1) is 11.2 Å². The molecule has 0 atom stereocenters. The minimum absolute atomic E-state index is 0.262. The van der Waals surface area contributed by atoms with Gasteiger partial charge in [0, 0.05) is 17.7 Å². The van der Waals surface area contributed by atoms with Crippen molar-refractivity contribution < 1.29 is 9.18 Å². The minimum Gasteiger partial charge on any atom is -0.321 e. The van der Waals surface area contributed by atoms with E-state index in [2.05, 4.69) is 10.3 Å². The average molecular weight is 292 g/mol. The monoisotopic (exact) mass is 292 g/mol. The first kappa shape index (κ1) is 13.9. The number of benzene rings is 2. The highest BCUT2D eigenvalue weighted by Gasteiger charge is 2.03. The highest BCUT2D eigenvalue weighted by molar-refractivity contribution is 6.06. The summed E-state index contributed by atoms with van der Waals surface area (Å²) in [6.07, 6.45) is 4.73. The summed E-state index contributed by atoms with van der Waals surface area (Å²) in [6, 6.07) is 15.3. The Bertz CT molecular complexity index is 836. The van der Waals surface area contributed by atoms with E-state index in [0.29, 0.717) is 5.69 Å². The van der Waals surface area contributed by atoms with Crippen molar-refractivity contribution in [2.45, 2.75) is 0 Å². The number of fused-ring (bicyclic) bond motifs is 1. The fraction of sp³-hybridized carbons (Fsp3) is 0. The third-order valence-electron chi connectivity index (χ3n) is 3.19. The van der Waals surface area contributed by atoms with Crippen LogP contribution in [0, 0.1) is 5.82 Å². The molecule has 3 aromatic rings. The molecule has 0 saturated heterocycles. The number of pyridine rings is 1. The van der Waals surface area contributed by atoms with Crippen molar-refractivity contribution in [3.05, 3.63) is 78.3 Å². The first-order chi connectivity index (χ1) is 10.7. The third kappa shape index (κ3) is 3.17. The van der Waals surface area contributed by atoms with Crippen LogP contribution in [0.2, 0.25) is 0 Å². The topological polar surface area (TPSA) is 42.0 Å². The van der Waals surface area contributed by atoms with Gasteiger partial charge in [-0.1, -0.05) is 30.3 Å². The number of anilines is 1. The quantitative estimate of drug-likeness (QED) is 0.741. The first-order valence-electron chi connectivity index (χ1n) is 6.81. The summed E-state index contributed by atoms with van der Waals surface area (Å²) >= 11 is 0. The Kier molecular flexibility index (Phi) is 3.92. The number of nitrogens with one attached hydrogen (secondary N) is 1. The molecule has 0 saturated carbocycles. The molecule has 108 valence electrons. The number of hydrogen-bond donors (Lipinski definition) is 1. The maximum absolute atomic E-state index is 12.8. The number of aromatic nitrogens is 1. The van der Waals surface area contributed by atoms with Crippen molar-refractivity contribution in [1.29, 1.82) is 0 Å². The molecule has 2 aromatic carbocycles. The molecule has 0 aliphatic heterocycles. The van der Waals surface area contributed by atoms with Crippen molar-refractivity contribution in [3.8, 4) is 0 Å². The smallest absolute Gasteiger partial charge is 0.248 e. The van der Waals surface area contributed by atoms with Gasteiger partial charge in [0.15, 0.2) is 0 Å². The molecule has 1 aromatic heterocycles. The number of carbonyl (C=O) groups excluding carboxylic acids is 1. The molecule has 1 amide bonds. The summed E-state index contributed by atoms with van der Waals surface area (Å²) in [5.74, 6) is -0.564. The van der Waals surface area contributed by atoms with Crippen LogP contribution in [0.4, 0.5) is 10.1 Å². The van der Waals surface area contributed by atoms with Crippen LogP contribution in [-0.4, -0.2) is 10.9 Å². The second kappa shape index (κ2) is 6.18. The van der Waals surface area contributed by atoms with Gasteiger partial charge >= 0.3 is 0 Å². The number of rotatable bonds is 3. The van der Waals surface area contributed by atoms with E-state index in [-0.39, 0.29) is 11.7 Å². The van der Waals surface area contributed by atoms with Crippen LogP contribution >= 0.6 is 0 Å². The standard InChI is InChI=1S/C18H13FN2O/c19-15-9-6-13(7-10-15)8-11-17(22)21-16-5-1-3-14-4-2-12-20-18(14)16/h1-12H,(H,21,22). The maximum Gasteiger partial charge on any atom is 0.248 e. The van der Waals surface area contributed by atoms with Gasteiger partial charge in [0.2, 0.25) is 5.91 Å². The van der Waals surface area contributed by atoms with Crippen molar-refractivity contribution in [1.82, 2.24) is 4.98 Å². The number of hydrogen-bond acceptors (Lipinski definition) is 2. The second-order valence-electron chi connectivity index (χ2n) is 4.75. The largest absolute Gasteiger partial charge is 0.321 e. The molecule has 3 nitrogen and oxygen atoms in total. The van der Waals surface area contributed by atoms with E-state index in [0.717, 1.165) is 16.5 Å². The molecule has 0 aliphatic carbocycles. The SMILES string of the molecule is O=C(C=Cc1ccc(F)cc1)Nc1cccc2cccnc12. The molecule has 22 heavy (non-hydrogen) atoms. The Morgan fingerprint density at radius 2 is 1.82 bits per heavy atom. The van der Waals surface area contributed by atoms with Gasteiger partial charge in [-0.2, -0.15) is 0 Å². The molecule has 0 aliphatic rings. The van der Waals surface area contributed by atoms with Gasteiger partial charge in [0.1, 0.15) is 5.82 Å². The Balaban J connectivity index is 1.77. The molecule has 1 heterocycles. The van der Waals surface area contributed by atoms with E-state index in [4.69, 9.17) is 0 Å². The van der Waals surface area contributed by atoms with E-state index in [1.807, 2.05) is 24.3 Å². The summed E-state index contributed by atoms with van der Waals surface area (Å²) in [5.41, 5.74) is 2.16. The van der Waals surface area contributed by atoms with Gasteiger partial charge < -0.3 is 5.32 Å². The average Bonchev–Trinajstić information content (AvgIpc) is 2.55. The summed E-state index contributed by atoms with van der Waals surface area (Å²) < 4.78 is 12.8. The van der Waals surface area contributed by atoms with E-state index in [1.54, 1.807) is 30.5 Å². The molecule has 0 fully saturated rings. The van der Waals surface area contributed by atoms with E-state index in [1.165, 1.54) is 18.2 Å². The third-order valence-corrected chi connectivity index (χ3v) is 3.19. The molecule has 0 spiro atoms. The molecular formula is C18H13FN2O. The normalized spacial score (nSPS) is 11.0. The maximum atomic E-state index is 12.8. The summed E-state index contributed by atoms with van der Waals surface area (Å²) in [6.45, 7) is 0. The lowest BCUT2D eigenvalue weighted by Crippen LogP contribution is -2.08. The zero-order chi connectivity index (χ0) is 15.4. The minimum atomic E-state index is -0.302. The molecular weight excluding hydrogens is 279 g/mol. The number of carbonyl (C=O) groups is 1. The lowest BCUT2D eigenvalue weighted by Gasteiger charge is -2.05. The van der Waals surface area contributed by atoms with Gasteiger partial charge in [-0.15, -0.1) is 0 Å². The van der Waals surface area contributed by atoms with Gasteiger partial charge in [-0.3, -0.25) is 9.78 Å². The zero-order valence-corrected chi connectivity index (χ0v) is 11.7. The number of para-hydroxylation sites is 1. The van der Waals surface area contributed by atoms with E-state index in [9.17, 15) is 9.18 Å². The Morgan fingerprint density at radius 1 is 1.05 bits per heavy atom. The van der Waals surface area contributed by atoms with Crippen LogP contribution < -0.4 is 5.32 Å². The van der Waals surface area contributed by atoms with Gasteiger partial charge in [0.25, 0.3) is 0 Å². The molecule has 1 N–H and O–H groups in total. The van der Waals surface area contributed by atoms with E-state index >= 15 is 0 Å². The van der Waals surface area contributed by atoms with Crippen molar-refractivity contribution in [2.75, 3.05) is 5.32 Å². The lowest BCUT2D eigenvalue weighted by atomic mass is 10.2. The highest BCUT2D eigenvalue weighted by atomic mass is 19.1. The molecule has 3 rings (SSSR count). The molecule has 0 unspecified atom stereocenters. The van der Waals surface area contributed by atoms with E-state index < -0.39 is 0 Å². The fourth-order valence-corrected chi connectivity index (χ4v) is 2.13. The number of amides is 1. The summed E-state index contributed by atoms with van der Waals surface area (Å²) in [7, 11) is 0. The van der Waals surface area contributed by atoms with Crippen LogP contribution in [-0.2, 0) is 4.79 Å². The van der Waals surface area contributed by atoms with Crippen LogP contribution in [0.25, 0.3) is 17.0 Å². The number of halogens is 1. The van der Waals surface area contributed by atoms with Gasteiger partial charge in [-0.05, 0) is 35.9 Å². The molecule has 0 radical (unpaired) electrons. The van der Waals surface area contributed by atoms with Crippen molar-refractivity contribution >= 4 is 28.6 Å². The predicted octanol–water partition coefficient (Wildman–Crippen LogP) is 4.03. The van der Waals surface area contributed by atoms with Crippen molar-refractivity contribution in [2.24, 2.45) is 0 Å². The lowest BCUT2D eigenvalue weighted by molar-refractivity contribution is -0.111. The predicted molar refractivity (Wildman–Crippen MR) is 85.8 cm³/mol. The van der Waals surface area contributed by atoms with Crippen LogP contribution in [0.15, 0.2) is 66.9 Å². The second-order valence-corrected chi connectivity index (χ2v) is 4.75. The van der Waals surface area contributed by atoms with Crippen LogP contribution in [0.3, 0.4) is 0 Å². The Labute approximate surface area is 127 Å². The molecule has 4 heteroatoms. The first-order valence-corrected chi connectivity index (χ1v) is 6.81. The summed E-state index contributed by atoms with van der Waals surface area (Å²) in [4.78, 5) is 16.3. The summed E-state index contributed by atoms with van der Waals surface area (Å²) in [5, 5.41) is 3.77. The fourth-order valence-electron chi connectivity index (χ4n) is 2.13. The highest BCUT2D eigenvalue weighted by Crippen LogP contribution is 2.20. The van der Waals surface area contributed by atoms with Crippen LogP contribution in [0.1, 0.15) is 5.56 Å². The van der Waals surface area contributed by atoms with Crippen molar-refractivity contribution in [3.63, 3.8) is 0 Å². The Morgan fingerprint density at radius 3 is 2.64 bits per heavy atom. The van der Waals surface area contributed by atoms with Crippen LogP contribution in [0.5, 0.6) is 0 Å². The Hall–Kier alpha value is -3.01. The number of nitrogens with zero attached hydrogens (tertiary/aromatic N) is 1. The molecule has 0 bridgehead atoms. The van der Waals surface area contributed by atoms with Gasteiger partial charge in [-0.25, -0.2) is 4.39 Å².